The van der Waals surface area contributed by atoms with Gasteiger partial charge in [-0.3, -0.25) is 14.4 Å². The number of benzene rings is 3. The Bertz CT molecular complexity index is 1520. The van der Waals surface area contributed by atoms with Gasteiger partial charge in [0.2, 0.25) is 5.91 Å². The third-order valence-corrected chi connectivity index (χ3v) is 9.68. The number of anilines is 2. The van der Waals surface area contributed by atoms with E-state index in [9.17, 15) is 14.4 Å². The lowest BCUT2D eigenvalue weighted by Crippen LogP contribution is -2.33. The fraction of sp³-hybridized carbons (Fsp3) is 0.417. The monoisotopic (exact) mass is 698 g/mol. The lowest BCUT2D eigenvalue weighted by Gasteiger charge is -2.31. The van der Waals surface area contributed by atoms with Gasteiger partial charge in [0, 0.05) is 16.8 Å². The van der Waals surface area contributed by atoms with E-state index in [1.807, 2.05) is 13.0 Å². The van der Waals surface area contributed by atoms with Crippen molar-refractivity contribution in [2.24, 2.45) is 0 Å². The number of alkyl halides is 1. The lowest BCUT2D eigenvalue weighted by atomic mass is 9.76. The Morgan fingerprint density at radius 1 is 0.844 bits per heavy atom. The van der Waals surface area contributed by atoms with Gasteiger partial charge in [0.15, 0.2) is 16.7 Å². The fourth-order valence-electron chi connectivity index (χ4n) is 4.59. The molecule has 7 nitrogen and oxygen atoms in total. The maximum absolute atomic E-state index is 13.5. The number of methoxy groups -OCH3 is 1. The van der Waals surface area contributed by atoms with E-state index in [4.69, 9.17) is 21.1 Å². The number of hydrogen-bond donors (Lipinski definition) is 2. The van der Waals surface area contributed by atoms with Gasteiger partial charge in [-0.15, -0.1) is 0 Å². The van der Waals surface area contributed by atoms with E-state index in [0.29, 0.717) is 29.2 Å². The number of carbonyl (C=O) groups excluding carboxylic acids is 3. The number of nitrogens with one attached hydrogen (secondary N) is 2. The van der Waals surface area contributed by atoms with E-state index in [1.165, 1.54) is 12.7 Å². The Hall–Kier alpha value is -3.36. The molecular formula is C36H44BrClN2O5. The third-order valence-electron chi connectivity index (χ3n) is 8.52. The molecule has 0 aromatic heterocycles. The van der Waals surface area contributed by atoms with Crippen molar-refractivity contribution < 1.29 is 23.9 Å². The van der Waals surface area contributed by atoms with Gasteiger partial charge in [-0.1, -0.05) is 88.1 Å². The molecule has 0 fully saturated rings. The first kappa shape index (κ1) is 36.1. The summed E-state index contributed by atoms with van der Waals surface area (Å²) in [4.78, 5) is 38.1. The number of carbonyl (C=O) groups is 3. The molecule has 2 atom stereocenters. The van der Waals surface area contributed by atoms with Crippen LogP contribution >= 0.6 is 27.5 Å². The molecule has 0 heterocycles. The van der Waals surface area contributed by atoms with Crippen molar-refractivity contribution in [3.8, 4) is 11.5 Å². The van der Waals surface area contributed by atoms with Crippen LogP contribution in [0.1, 0.15) is 89.2 Å². The predicted octanol–water partition coefficient (Wildman–Crippen LogP) is 9.10. The van der Waals surface area contributed by atoms with E-state index in [0.717, 1.165) is 18.4 Å². The number of ether oxygens (including phenoxy) is 2. The molecule has 0 radical (unpaired) electrons. The van der Waals surface area contributed by atoms with Crippen molar-refractivity contribution in [3.63, 3.8) is 0 Å². The molecule has 2 N–H and O–H groups in total. The highest BCUT2D eigenvalue weighted by Gasteiger charge is 2.29. The summed E-state index contributed by atoms with van der Waals surface area (Å²) in [6.07, 6.45) is 1.58. The molecule has 3 aromatic rings. The molecule has 0 aliphatic carbocycles. The van der Waals surface area contributed by atoms with Crippen LogP contribution in [0.5, 0.6) is 11.5 Å². The molecule has 0 bridgehead atoms. The number of hydrogen-bond acceptors (Lipinski definition) is 5. The minimum Gasteiger partial charge on any atom is -0.497 e. The number of ketones is 1. The Balaban J connectivity index is 1.77. The van der Waals surface area contributed by atoms with Crippen LogP contribution in [0.15, 0.2) is 60.7 Å². The summed E-state index contributed by atoms with van der Waals surface area (Å²) in [5.41, 5.74) is 3.18. The van der Waals surface area contributed by atoms with E-state index in [1.54, 1.807) is 42.5 Å². The minimum absolute atomic E-state index is 0.0121. The second-order valence-corrected chi connectivity index (χ2v) is 13.7. The van der Waals surface area contributed by atoms with Crippen molar-refractivity contribution in [1.82, 2.24) is 0 Å². The van der Waals surface area contributed by atoms with Crippen LogP contribution in [0, 0.1) is 0 Å². The molecule has 0 spiro atoms. The molecule has 3 rings (SSSR count). The van der Waals surface area contributed by atoms with Gasteiger partial charge in [-0.05, 0) is 84.2 Å². The Kier molecular flexibility index (Phi) is 12.3. The van der Waals surface area contributed by atoms with Crippen LogP contribution in [0.4, 0.5) is 11.4 Å². The third kappa shape index (κ3) is 8.88. The SMILES string of the molecule is CCC(Oc1ccc(C(C)(C)CC)cc1C(C)(C)CC)C(=O)Nc1ccc(Cl)c(NC(=O)C(Br)C(=O)c2ccc(OC)cc2)c1. The van der Waals surface area contributed by atoms with E-state index >= 15 is 0 Å². The van der Waals surface area contributed by atoms with Crippen molar-refractivity contribution in [1.29, 1.82) is 0 Å². The standard InChI is InChI=1S/C36H44BrClN2O5/c1-9-29(45-30-19-14-23(35(4,5)10-2)20-26(30)36(6,7)11-3)33(42)39-24-15-18-27(38)28(21-24)40-34(43)31(37)32(41)22-12-16-25(44-8)17-13-22/h12-21,29,31H,9-11H2,1-8H3,(H,39,42)(H,40,43). The van der Waals surface area contributed by atoms with Crippen LogP contribution in [-0.2, 0) is 20.4 Å². The highest BCUT2D eigenvalue weighted by molar-refractivity contribution is 9.10. The van der Waals surface area contributed by atoms with E-state index < -0.39 is 22.6 Å². The van der Waals surface area contributed by atoms with Gasteiger partial charge in [0.1, 0.15) is 11.5 Å². The van der Waals surface area contributed by atoms with Crippen LogP contribution in [-0.4, -0.2) is 35.6 Å². The second kappa shape index (κ2) is 15.3. The van der Waals surface area contributed by atoms with Crippen molar-refractivity contribution in [2.75, 3.05) is 17.7 Å². The molecule has 0 saturated heterocycles. The predicted molar refractivity (Wildman–Crippen MR) is 187 cm³/mol. The van der Waals surface area contributed by atoms with E-state index in [2.05, 4.69) is 80.2 Å². The maximum Gasteiger partial charge on any atom is 0.265 e. The van der Waals surface area contributed by atoms with Crippen LogP contribution < -0.4 is 20.1 Å². The molecular weight excluding hydrogens is 656 g/mol. The highest BCUT2D eigenvalue weighted by Crippen LogP contribution is 2.39. The van der Waals surface area contributed by atoms with Crippen molar-refractivity contribution in [3.05, 3.63) is 82.4 Å². The summed E-state index contributed by atoms with van der Waals surface area (Å²) < 4.78 is 11.5. The smallest absolute Gasteiger partial charge is 0.265 e. The Labute approximate surface area is 280 Å². The first-order valence-electron chi connectivity index (χ1n) is 15.2. The van der Waals surface area contributed by atoms with Gasteiger partial charge in [-0.2, -0.15) is 0 Å². The van der Waals surface area contributed by atoms with Gasteiger partial charge in [-0.25, -0.2) is 0 Å². The summed E-state index contributed by atoms with van der Waals surface area (Å²) in [6.45, 7) is 15.1. The normalized spacial score (nSPS) is 13.0. The van der Waals surface area contributed by atoms with Gasteiger partial charge in [0.05, 0.1) is 17.8 Å². The summed E-state index contributed by atoms with van der Waals surface area (Å²) in [7, 11) is 1.53. The average Bonchev–Trinajstić information content (AvgIpc) is 3.04. The Morgan fingerprint density at radius 3 is 2.07 bits per heavy atom. The molecule has 2 unspecified atom stereocenters. The summed E-state index contributed by atoms with van der Waals surface area (Å²) in [5.74, 6) is -0.0632. The molecule has 0 aliphatic rings. The largest absolute Gasteiger partial charge is 0.497 e. The summed E-state index contributed by atoms with van der Waals surface area (Å²) in [6, 6.07) is 17.5. The minimum atomic E-state index is -1.16. The average molecular weight is 700 g/mol. The van der Waals surface area contributed by atoms with Crippen LogP contribution in [0.3, 0.4) is 0 Å². The zero-order valence-electron chi connectivity index (χ0n) is 27.3. The number of halogens is 2. The second-order valence-electron chi connectivity index (χ2n) is 12.3. The molecule has 0 aliphatic heterocycles. The molecule has 0 saturated carbocycles. The first-order valence-corrected chi connectivity index (χ1v) is 16.5. The number of Topliss-reactive ketones (excluding diaryl/α,β-unsaturated/α-hetero) is 1. The van der Waals surface area contributed by atoms with Crippen LogP contribution in [0.25, 0.3) is 0 Å². The fourth-order valence-corrected chi connectivity index (χ4v) is 5.13. The quantitative estimate of drug-likeness (QED) is 0.0995. The number of amides is 2. The van der Waals surface area contributed by atoms with Crippen molar-refractivity contribution in [2.45, 2.75) is 89.5 Å². The maximum atomic E-state index is 13.5. The zero-order chi connectivity index (χ0) is 33.5. The lowest BCUT2D eigenvalue weighted by molar-refractivity contribution is -0.122. The molecule has 9 heteroatoms. The summed E-state index contributed by atoms with van der Waals surface area (Å²) >= 11 is 9.57. The summed E-state index contributed by atoms with van der Waals surface area (Å²) in [5, 5.41) is 5.83. The number of rotatable bonds is 14. The van der Waals surface area contributed by atoms with Gasteiger partial charge in [0.25, 0.3) is 5.91 Å². The van der Waals surface area contributed by atoms with Crippen molar-refractivity contribution >= 4 is 56.5 Å². The van der Waals surface area contributed by atoms with Gasteiger partial charge >= 0.3 is 0 Å². The molecule has 3 aromatic carbocycles. The van der Waals surface area contributed by atoms with E-state index in [-0.39, 0.29) is 27.4 Å². The topological polar surface area (TPSA) is 93.7 Å². The van der Waals surface area contributed by atoms with Gasteiger partial charge < -0.3 is 20.1 Å². The first-order chi connectivity index (χ1) is 21.2. The molecule has 45 heavy (non-hydrogen) atoms. The van der Waals surface area contributed by atoms with Crippen LogP contribution in [0.2, 0.25) is 5.02 Å². The molecule has 242 valence electrons. The zero-order valence-corrected chi connectivity index (χ0v) is 29.7. The highest BCUT2D eigenvalue weighted by atomic mass is 79.9. The molecule has 2 amide bonds. The Morgan fingerprint density at radius 2 is 1.49 bits per heavy atom.